The number of hydrogen-bond donors (Lipinski definition) is 1. The van der Waals surface area contributed by atoms with Crippen LogP contribution in [0.3, 0.4) is 0 Å². The van der Waals surface area contributed by atoms with E-state index in [9.17, 15) is 14.9 Å². The van der Waals surface area contributed by atoms with Crippen molar-refractivity contribution in [2.75, 3.05) is 11.9 Å². The molecule has 0 spiro atoms. The lowest BCUT2D eigenvalue weighted by atomic mass is 10.2. The standard InChI is InChI=1S/C18H16N4O4S2/c23-16(11-26-10-13-5-2-1-3-6-13)19-17-20-21-18(28-17)27-12-14-7-4-8-15(9-14)22(24)25/h1-9H,10-12H2,(H,19,20,23). The quantitative estimate of drug-likeness (QED) is 0.244. The molecule has 0 aliphatic rings. The van der Waals surface area contributed by atoms with E-state index in [1.54, 1.807) is 6.07 Å². The first-order valence-electron chi connectivity index (χ1n) is 8.21. The first kappa shape index (κ1) is 19.9. The van der Waals surface area contributed by atoms with Gasteiger partial charge in [0.2, 0.25) is 5.13 Å². The zero-order chi connectivity index (χ0) is 19.8. The normalized spacial score (nSPS) is 10.6. The molecule has 28 heavy (non-hydrogen) atoms. The van der Waals surface area contributed by atoms with Crippen LogP contribution >= 0.6 is 23.1 Å². The van der Waals surface area contributed by atoms with Crippen molar-refractivity contribution >= 4 is 39.8 Å². The van der Waals surface area contributed by atoms with Crippen LogP contribution in [0.25, 0.3) is 0 Å². The number of anilines is 1. The lowest BCUT2D eigenvalue weighted by Crippen LogP contribution is -2.18. The van der Waals surface area contributed by atoms with Crippen LogP contribution < -0.4 is 5.32 Å². The second-order valence-corrected chi connectivity index (χ2v) is 7.82. The van der Waals surface area contributed by atoms with Crippen LogP contribution in [0, 0.1) is 10.1 Å². The molecule has 0 aliphatic heterocycles. The number of rotatable bonds is 9. The summed E-state index contributed by atoms with van der Waals surface area (Å²) in [4.78, 5) is 22.3. The third-order valence-electron chi connectivity index (χ3n) is 3.48. The van der Waals surface area contributed by atoms with Crippen molar-refractivity contribution in [3.05, 3.63) is 75.8 Å². The number of hydrogen-bond acceptors (Lipinski definition) is 8. The van der Waals surface area contributed by atoms with Crippen LogP contribution in [-0.2, 0) is 21.9 Å². The Bertz CT molecular complexity index is 950. The zero-order valence-electron chi connectivity index (χ0n) is 14.6. The molecule has 0 saturated carbocycles. The van der Waals surface area contributed by atoms with Gasteiger partial charge in [-0.3, -0.25) is 20.2 Å². The van der Waals surface area contributed by atoms with Crippen molar-refractivity contribution in [3.63, 3.8) is 0 Å². The van der Waals surface area contributed by atoms with Gasteiger partial charge in [0.05, 0.1) is 11.5 Å². The fourth-order valence-electron chi connectivity index (χ4n) is 2.21. The second-order valence-electron chi connectivity index (χ2n) is 5.62. The van der Waals surface area contributed by atoms with E-state index in [-0.39, 0.29) is 18.2 Å². The first-order valence-corrected chi connectivity index (χ1v) is 10.0. The van der Waals surface area contributed by atoms with Crippen molar-refractivity contribution in [2.45, 2.75) is 16.7 Å². The Morgan fingerprint density at radius 3 is 2.71 bits per heavy atom. The molecule has 1 amide bonds. The summed E-state index contributed by atoms with van der Waals surface area (Å²) in [5, 5.41) is 21.8. The Hall–Kier alpha value is -2.82. The number of benzene rings is 2. The van der Waals surface area contributed by atoms with Crippen molar-refractivity contribution in [3.8, 4) is 0 Å². The number of thioether (sulfide) groups is 1. The maximum atomic E-state index is 11.9. The highest BCUT2D eigenvalue weighted by Gasteiger charge is 2.10. The van der Waals surface area contributed by atoms with Gasteiger partial charge < -0.3 is 4.74 Å². The van der Waals surface area contributed by atoms with Gasteiger partial charge in [0.25, 0.3) is 11.6 Å². The molecule has 0 radical (unpaired) electrons. The van der Waals surface area contributed by atoms with Crippen LogP contribution in [0.4, 0.5) is 10.8 Å². The smallest absolute Gasteiger partial charge is 0.269 e. The van der Waals surface area contributed by atoms with Crippen LogP contribution in [0.2, 0.25) is 0 Å². The summed E-state index contributed by atoms with van der Waals surface area (Å²) in [5.41, 5.74) is 1.86. The van der Waals surface area contributed by atoms with E-state index in [2.05, 4.69) is 15.5 Å². The topological polar surface area (TPSA) is 107 Å². The molecule has 3 rings (SSSR count). The summed E-state index contributed by atoms with van der Waals surface area (Å²) in [5.74, 6) is 0.215. The summed E-state index contributed by atoms with van der Waals surface area (Å²) >= 11 is 2.64. The summed E-state index contributed by atoms with van der Waals surface area (Å²) in [7, 11) is 0. The van der Waals surface area contributed by atoms with Gasteiger partial charge in [0.15, 0.2) is 4.34 Å². The van der Waals surface area contributed by atoms with Crippen LogP contribution in [0.1, 0.15) is 11.1 Å². The van der Waals surface area contributed by atoms with E-state index in [4.69, 9.17) is 4.74 Å². The van der Waals surface area contributed by atoms with Gasteiger partial charge >= 0.3 is 0 Å². The number of non-ortho nitro benzene ring substituents is 1. The zero-order valence-corrected chi connectivity index (χ0v) is 16.2. The maximum Gasteiger partial charge on any atom is 0.269 e. The van der Waals surface area contributed by atoms with E-state index in [1.165, 1.54) is 35.2 Å². The van der Waals surface area contributed by atoms with E-state index < -0.39 is 4.92 Å². The maximum absolute atomic E-state index is 11.9. The van der Waals surface area contributed by atoms with E-state index in [0.717, 1.165) is 11.1 Å². The van der Waals surface area contributed by atoms with E-state index in [1.807, 2.05) is 36.4 Å². The Balaban J connectivity index is 1.44. The average Bonchev–Trinajstić information content (AvgIpc) is 3.14. The van der Waals surface area contributed by atoms with E-state index in [0.29, 0.717) is 21.8 Å². The number of carbonyl (C=O) groups excluding carboxylic acids is 1. The molecular formula is C18H16N4O4S2. The molecule has 1 heterocycles. The highest BCUT2D eigenvalue weighted by atomic mass is 32.2. The summed E-state index contributed by atoms with van der Waals surface area (Å²) < 4.78 is 6.04. The number of ether oxygens (including phenoxy) is 1. The summed E-state index contributed by atoms with van der Waals surface area (Å²) in [6.45, 7) is 0.277. The predicted octanol–water partition coefficient (Wildman–Crippen LogP) is 3.89. The predicted molar refractivity (Wildman–Crippen MR) is 107 cm³/mol. The van der Waals surface area contributed by atoms with Gasteiger partial charge in [-0.25, -0.2) is 0 Å². The second kappa shape index (κ2) is 9.93. The van der Waals surface area contributed by atoms with Gasteiger partial charge in [-0.05, 0) is 11.1 Å². The van der Waals surface area contributed by atoms with Gasteiger partial charge in [-0.2, -0.15) is 0 Å². The fraction of sp³-hybridized carbons (Fsp3) is 0.167. The number of nitro groups is 1. The molecule has 0 atom stereocenters. The minimum atomic E-state index is -0.424. The number of nitrogens with zero attached hydrogens (tertiary/aromatic N) is 3. The van der Waals surface area contributed by atoms with Gasteiger partial charge in [-0.1, -0.05) is 65.6 Å². The molecule has 1 N–H and O–H groups in total. The van der Waals surface area contributed by atoms with Crippen LogP contribution in [0.15, 0.2) is 58.9 Å². The van der Waals surface area contributed by atoms with Crippen molar-refractivity contribution in [1.82, 2.24) is 10.2 Å². The molecule has 144 valence electrons. The third kappa shape index (κ3) is 6.12. The Morgan fingerprint density at radius 1 is 1.14 bits per heavy atom. The molecule has 8 nitrogen and oxygen atoms in total. The Morgan fingerprint density at radius 2 is 1.93 bits per heavy atom. The number of amides is 1. The number of nitro benzene ring substituents is 1. The monoisotopic (exact) mass is 416 g/mol. The molecule has 1 aromatic heterocycles. The summed E-state index contributed by atoms with van der Waals surface area (Å²) in [6.07, 6.45) is 0. The third-order valence-corrected chi connectivity index (χ3v) is 5.52. The number of aromatic nitrogens is 2. The molecule has 0 aliphatic carbocycles. The van der Waals surface area contributed by atoms with Gasteiger partial charge in [0, 0.05) is 17.9 Å². The summed E-state index contributed by atoms with van der Waals surface area (Å²) in [6, 6.07) is 16.0. The first-order chi connectivity index (χ1) is 13.6. The highest BCUT2D eigenvalue weighted by molar-refractivity contribution is 8.00. The fourth-order valence-corrected chi connectivity index (χ4v) is 3.93. The van der Waals surface area contributed by atoms with Gasteiger partial charge in [-0.15, -0.1) is 10.2 Å². The Labute approximate surface area is 169 Å². The van der Waals surface area contributed by atoms with Crippen LogP contribution in [0.5, 0.6) is 0 Å². The molecule has 0 bridgehead atoms. The molecular weight excluding hydrogens is 400 g/mol. The molecule has 0 unspecified atom stereocenters. The minimum absolute atomic E-state index is 0.0545. The number of nitrogens with one attached hydrogen (secondary N) is 1. The lowest BCUT2D eigenvalue weighted by Gasteiger charge is -2.03. The molecule has 0 saturated heterocycles. The van der Waals surface area contributed by atoms with Crippen molar-refractivity contribution < 1.29 is 14.5 Å². The molecule has 2 aromatic carbocycles. The molecule has 10 heteroatoms. The largest absolute Gasteiger partial charge is 0.367 e. The molecule has 0 fully saturated rings. The Kier molecular flexibility index (Phi) is 7.06. The van der Waals surface area contributed by atoms with E-state index >= 15 is 0 Å². The minimum Gasteiger partial charge on any atom is -0.367 e. The highest BCUT2D eigenvalue weighted by Crippen LogP contribution is 2.29. The van der Waals surface area contributed by atoms with Gasteiger partial charge in [0.1, 0.15) is 6.61 Å². The van der Waals surface area contributed by atoms with Crippen LogP contribution in [-0.4, -0.2) is 27.6 Å². The van der Waals surface area contributed by atoms with Crippen molar-refractivity contribution in [2.24, 2.45) is 0 Å². The van der Waals surface area contributed by atoms with Crippen molar-refractivity contribution in [1.29, 1.82) is 0 Å². The number of carbonyl (C=O) groups is 1. The average molecular weight is 416 g/mol. The SMILES string of the molecule is O=C(COCc1ccccc1)Nc1nnc(SCc2cccc([N+](=O)[O-])c2)s1. The lowest BCUT2D eigenvalue weighted by molar-refractivity contribution is -0.384. The molecule has 3 aromatic rings.